The second-order valence-electron chi connectivity index (χ2n) is 10.2. The predicted molar refractivity (Wildman–Crippen MR) is 159 cm³/mol. The van der Waals surface area contributed by atoms with Gasteiger partial charge in [-0.3, -0.25) is 13.8 Å². The molecule has 0 aliphatic heterocycles. The minimum atomic E-state index is -4.62. The van der Waals surface area contributed by atoms with Gasteiger partial charge in [-0.2, -0.15) is 0 Å². The topological polar surface area (TPSA) is 113 Å². The van der Waals surface area contributed by atoms with Crippen molar-refractivity contribution in [3.63, 3.8) is 0 Å². The Hall–Kier alpha value is -1.90. The number of carbonyl (C=O) groups is 1. The van der Waals surface area contributed by atoms with Crippen LogP contribution in [0.5, 0.6) is 0 Å². The van der Waals surface area contributed by atoms with Gasteiger partial charge in [-0.05, 0) is 18.9 Å². The highest BCUT2D eigenvalue weighted by Crippen LogP contribution is 2.45. The molecule has 3 N–H and O–H groups in total. The number of carbonyl (C=O) groups excluding carboxylic acids is 1. The number of nitrogens with zero attached hydrogens (tertiary/aromatic N) is 1. The summed E-state index contributed by atoms with van der Waals surface area (Å²) in [4.78, 5) is 22.3. The Morgan fingerprint density at radius 3 is 1.90 bits per heavy atom. The predicted octanol–water partition coefficient (Wildman–Crippen LogP) is 5.60. The van der Waals surface area contributed by atoms with Crippen LogP contribution in [0.2, 0.25) is 0 Å². The molecule has 0 aromatic heterocycles. The van der Waals surface area contributed by atoms with Crippen LogP contribution in [0.1, 0.15) is 58.3 Å². The minimum absolute atomic E-state index is 0.0848. The van der Waals surface area contributed by atoms with Gasteiger partial charge in [0.15, 0.2) is 11.9 Å². The molecule has 9 heteroatoms. The van der Waals surface area contributed by atoms with Crippen LogP contribution in [-0.4, -0.2) is 78.5 Å². The van der Waals surface area contributed by atoms with E-state index in [0.717, 1.165) is 12.5 Å². The molecule has 222 valence electrons. The zero-order valence-corrected chi connectivity index (χ0v) is 25.1. The highest BCUT2D eigenvalue weighted by atomic mass is 31.2. The minimum Gasteiger partial charge on any atom is -0.394 e. The van der Waals surface area contributed by atoms with Crippen molar-refractivity contribution in [3.8, 4) is 0 Å². The Labute approximate surface area is 235 Å². The van der Waals surface area contributed by atoms with E-state index < -0.39 is 32.4 Å². The molecule has 8 nitrogen and oxygen atoms in total. The van der Waals surface area contributed by atoms with E-state index in [-0.39, 0.29) is 6.61 Å². The van der Waals surface area contributed by atoms with Gasteiger partial charge in [-0.15, -0.1) is 0 Å². The van der Waals surface area contributed by atoms with Gasteiger partial charge in [0.05, 0.1) is 27.7 Å². The molecular weight excluding hydrogens is 517 g/mol. The van der Waals surface area contributed by atoms with Crippen LogP contribution < -0.4 is 0 Å². The van der Waals surface area contributed by atoms with Crippen LogP contribution in [0.25, 0.3) is 0 Å². The lowest BCUT2D eigenvalue weighted by Gasteiger charge is -2.25. The summed E-state index contributed by atoms with van der Waals surface area (Å²) in [6.07, 6.45) is 28.3. The van der Waals surface area contributed by atoms with Crippen LogP contribution in [0.15, 0.2) is 72.9 Å². The molecule has 39 heavy (non-hydrogen) atoms. The van der Waals surface area contributed by atoms with Gasteiger partial charge >= 0.3 is 7.82 Å². The van der Waals surface area contributed by atoms with Crippen molar-refractivity contribution in [3.05, 3.63) is 72.9 Å². The largest absolute Gasteiger partial charge is 0.473 e. The molecule has 0 fully saturated rings. The van der Waals surface area contributed by atoms with Crippen molar-refractivity contribution in [1.82, 2.24) is 0 Å². The number of hydrogen-bond acceptors (Lipinski definition) is 6. The Kier molecular flexibility index (Phi) is 21.8. The summed E-state index contributed by atoms with van der Waals surface area (Å²) in [6, 6.07) is 0. The molecule has 0 amide bonds. The lowest BCUT2D eigenvalue weighted by atomic mass is 10.1. The van der Waals surface area contributed by atoms with E-state index in [4.69, 9.17) is 9.05 Å². The first-order valence-corrected chi connectivity index (χ1v) is 15.3. The summed E-state index contributed by atoms with van der Waals surface area (Å²) in [5, 5.41) is 19.1. The van der Waals surface area contributed by atoms with Gasteiger partial charge in [0.2, 0.25) is 0 Å². The molecule has 3 atom stereocenters. The fourth-order valence-corrected chi connectivity index (χ4v) is 4.07. The normalized spacial score (nSPS) is 16.5. The zero-order chi connectivity index (χ0) is 29.4. The number of unbranched alkanes of at least 4 members (excludes halogenated alkanes) is 7. The van der Waals surface area contributed by atoms with Crippen LogP contribution >= 0.6 is 7.82 Å². The first kappa shape index (κ1) is 37.1. The second-order valence-corrected chi connectivity index (χ2v) is 11.6. The van der Waals surface area contributed by atoms with E-state index in [9.17, 15) is 24.5 Å². The molecule has 1 unspecified atom stereocenters. The molecule has 0 aliphatic carbocycles. The maximum Gasteiger partial charge on any atom is 0.473 e. The number of ketones is 1. The fraction of sp³-hybridized carbons (Fsp3) is 0.567. The number of phosphoric ester groups is 1. The Morgan fingerprint density at radius 2 is 1.36 bits per heavy atom. The lowest BCUT2D eigenvalue weighted by Crippen LogP contribution is -2.39. The number of phosphoric acid groups is 1. The standard InChI is InChI=1S/C30H50NO7P/c1-5-6-7-8-9-10-11-12-13-14-15-16-17-18-19-20-21-22-23-24-28(33)30(29(34)27-32)38-39(35,36)37-26-25-31(2,3)4/h13-24,29-30,32,34H,5-12,25-27H2,1-4H3/p+1/b14-13+,16-15+,18-17+,20-19+,22-21+,24-23+/t29-,30-/m0/s1. The second kappa shape index (κ2) is 22.9. The van der Waals surface area contributed by atoms with Gasteiger partial charge in [0.25, 0.3) is 0 Å². The Balaban J connectivity index is 4.44. The van der Waals surface area contributed by atoms with Crippen LogP contribution in [0, 0.1) is 0 Å². The van der Waals surface area contributed by atoms with Crippen LogP contribution in [-0.2, 0) is 18.4 Å². The average molecular weight is 569 g/mol. The summed E-state index contributed by atoms with van der Waals surface area (Å²) in [7, 11) is 1.03. The maximum absolute atomic E-state index is 12.4. The molecular formula is C30H51NO7P+. The van der Waals surface area contributed by atoms with Crippen molar-refractivity contribution in [2.24, 2.45) is 0 Å². The van der Waals surface area contributed by atoms with Gasteiger partial charge in [0.1, 0.15) is 19.3 Å². The van der Waals surface area contributed by atoms with E-state index in [1.54, 1.807) is 18.2 Å². The monoisotopic (exact) mass is 568 g/mol. The van der Waals surface area contributed by atoms with Crippen LogP contribution in [0.4, 0.5) is 0 Å². The van der Waals surface area contributed by atoms with Crippen molar-refractivity contribution in [1.29, 1.82) is 0 Å². The van der Waals surface area contributed by atoms with Gasteiger partial charge in [-0.1, -0.05) is 112 Å². The summed E-state index contributed by atoms with van der Waals surface area (Å²) in [5.41, 5.74) is 0. The molecule has 0 radical (unpaired) electrons. The number of likely N-dealkylation sites (N-methyl/N-ethyl adjacent to an activating group) is 1. The number of allylic oxidation sites excluding steroid dienone is 11. The van der Waals surface area contributed by atoms with Gasteiger partial charge in [-0.25, -0.2) is 4.57 Å². The van der Waals surface area contributed by atoms with E-state index in [0.29, 0.717) is 11.0 Å². The molecule has 0 spiro atoms. The lowest BCUT2D eigenvalue weighted by molar-refractivity contribution is -0.870. The van der Waals surface area contributed by atoms with Gasteiger partial charge in [0, 0.05) is 0 Å². The first-order valence-electron chi connectivity index (χ1n) is 13.8. The highest BCUT2D eigenvalue weighted by Gasteiger charge is 2.35. The summed E-state index contributed by atoms with van der Waals surface area (Å²) in [6.45, 7) is 1.76. The maximum atomic E-state index is 12.4. The molecule has 0 bridgehead atoms. The summed E-state index contributed by atoms with van der Waals surface area (Å²) >= 11 is 0. The third-order valence-electron chi connectivity index (χ3n) is 5.45. The average Bonchev–Trinajstić information content (AvgIpc) is 2.87. The highest BCUT2D eigenvalue weighted by molar-refractivity contribution is 7.47. The van der Waals surface area contributed by atoms with Crippen molar-refractivity contribution < 1.29 is 38.0 Å². The van der Waals surface area contributed by atoms with Crippen molar-refractivity contribution >= 4 is 13.6 Å². The van der Waals surface area contributed by atoms with Gasteiger partial charge < -0.3 is 19.6 Å². The van der Waals surface area contributed by atoms with Crippen LogP contribution in [0.3, 0.4) is 0 Å². The van der Waals surface area contributed by atoms with Crippen molar-refractivity contribution in [2.45, 2.75) is 70.5 Å². The SMILES string of the molecule is CCCCCCCCC/C=C/C=C/C=C/C=C/C=C/C=C/C(=O)[C@H](OP(=O)(O)OCC[N+](C)(C)C)[C@@H](O)CO. The number of hydrogen-bond donors (Lipinski definition) is 3. The third kappa shape index (κ3) is 23.7. The molecule has 0 heterocycles. The number of quaternary nitrogens is 1. The molecule has 0 rings (SSSR count). The summed E-state index contributed by atoms with van der Waals surface area (Å²) in [5.74, 6) is -0.778. The Bertz CT molecular complexity index is 869. The van der Waals surface area contributed by atoms with E-state index >= 15 is 0 Å². The molecule has 0 aromatic carbocycles. The molecule has 0 saturated heterocycles. The number of rotatable bonds is 23. The third-order valence-corrected chi connectivity index (χ3v) is 6.45. The van der Waals surface area contributed by atoms with Crippen molar-refractivity contribution in [2.75, 3.05) is 40.9 Å². The molecule has 0 saturated carbocycles. The summed E-state index contributed by atoms with van der Waals surface area (Å²) < 4.78 is 22.4. The first-order chi connectivity index (χ1) is 18.5. The quantitative estimate of drug-likeness (QED) is 0.0484. The van der Waals surface area contributed by atoms with E-state index in [1.165, 1.54) is 51.0 Å². The zero-order valence-electron chi connectivity index (χ0n) is 24.2. The number of aliphatic hydroxyl groups is 2. The van der Waals surface area contributed by atoms with E-state index in [2.05, 4.69) is 19.1 Å². The molecule has 0 aliphatic rings. The van der Waals surface area contributed by atoms with E-state index in [1.807, 2.05) is 51.5 Å². The fourth-order valence-electron chi connectivity index (χ4n) is 3.16. The number of aliphatic hydroxyl groups excluding tert-OH is 2. The Morgan fingerprint density at radius 1 is 0.846 bits per heavy atom. The smallest absolute Gasteiger partial charge is 0.394 e. The molecule has 0 aromatic rings.